The molecule has 2 aromatic rings. The summed E-state index contributed by atoms with van der Waals surface area (Å²) < 4.78 is 1.30. The Morgan fingerprint density at radius 1 is 0.850 bits per heavy atom. The van der Waals surface area contributed by atoms with Crippen LogP contribution in [0.2, 0.25) is 0 Å². The molecule has 4 rings (SSSR count). The van der Waals surface area contributed by atoms with Gasteiger partial charge in [-0.3, -0.25) is 0 Å². The van der Waals surface area contributed by atoms with Crippen LogP contribution in [0.25, 0.3) is 11.1 Å². The van der Waals surface area contributed by atoms with Crippen molar-refractivity contribution in [2.24, 2.45) is 0 Å². The molecule has 0 bridgehead atoms. The summed E-state index contributed by atoms with van der Waals surface area (Å²) in [6.07, 6.45) is 9.26. The first-order chi connectivity index (χ1) is 9.84. The van der Waals surface area contributed by atoms with Gasteiger partial charge in [0.05, 0.1) is 0 Å². The fourth-order valence-electron chi connectivity index (χ4n) is 3.83. The van der Waals surface area contributed by atoms with Crippen LogP contribution in [-0.4, -0.2) is 0 Å². The third-order valence-corrected chi connectivity index (χ3v) is 5.49. The highest BCUT2D eigenvalue weighted by molar-refractivity contribution is 9.10. The number of hydrogen-bond acceptors (Lipinski definition) is 0. The molecule has 2 aliphatic carbocycles. The molecule has 20 heavy (non-hydrogen) atoms. The molecule has 0 N–H and O–H groups in total. The Bertz CT molecular complexity index is 651. The third kappa shape index (κ3) is 1.95. The van der Waals surface area contributed by atoms with Crippen molar-refractivity contribution in [2.75, 3.05) is 0 Å². The average Bonchev–Trinajstić information content (AvgIpc) is 2.86. The van der Waals surface area contributed by atoms with E-state index in [0.29, 0.717) is 0 Å². The first-order valence-electron chi connectivity index (χ1n) is 7.61. The number of benzene rings is 2. The summed E-state index contributed by atoms with van der Waals surface area (Å²) in [5.41, 5.74) is 7.21. The van der Waals surface area contributed by atoms with Gasteiger partial charge >= 0.3 is 0 Å². The van der Waals surface area contributed by atoms with Crippen molar-refractivity contribution in [1.29, 1.82) is 0 Å². The fraction of sp³-hybridized carbons (Fsp3) is 0.316. The second-order valence-corrected chi connectivity index (χ2v) is 6.84. The van der Waals surface area contributed by atoms with Crippen molar-refractivity contribution in [3.05, 3.63) is 64.0 Å². The van der Waals surface area contributed by atoms with Crippen LogP contribution in [0.3, 0.4) is 0 Å². The van der Waals surface area contributed by atoms with Gasteiger partial charge < -0.3 is 0 Å². The zero-order valence-corrected chi connectivity index (χ0v) is 13.1. The van der Waals surface area contributed by atoms with Gasteiger partial charge in [0, 0.05) is 10.9 Å². The van der Waals surface area contributed by atoms with Gasteiger partial charge in [0.2, 0.25) is 0 Å². The van der Waals surface area contributed by atoms with E-state index in [4.69, 9.17) is 0 Å². The number of rotatable bonds is 1. The van der Waals surface area contributed by atoms with Crippen LogP contribution in [-0.2, 0) is 0 Å². The monoisotopic (exact) mass is 325 g/mol. The fourth-order valence-corrected chi connectivity index (χ4v) is 4.50. The van der Waals surface area contributed by atoms with Crippen LogP contribution in [0.5, 0.6) is 0 Å². The zero-order valence-electron chi connectivity index (χ0n) is 11.5. The minimum Gasteiger partial charge on any atom is -0.0619 e. The number of fused-ring (bicyclic) bond motifs is 3. The van der Waals surface area contributed by atoms with Gasteiger partial charge in [-0.25, -0.2) is 0 Å². The summed E-state index contributed by atoms with van der Waals surface area (Å²) in [7, 11) is 0. The van der Waals surface area contributed by atoms with Crippen molar-refractivity contribution < 1.29 is 0 Å². The third-order valence-electron chi connectivity index (χ3n) is 4.80. The molecule has 101 valence electrons. The van der Waals surface area contributed by atoms with Crippen LogP contribution >= 0.6 is 15.9 Å². The molecule has 1 heteroatoms. The highest BCUT2D eigenvalue weighted by Crippen LogP contribution is 2.47. The van der Waals surface area contributed by atoms with E-state index in [9.17, 15) is 0 Å². The Hall–Kier alpha value is -1.08. The Labute approximate surface area is 129 Å². The van der Waals surface area contributed by atoms with Crippen LogP contribution < -0.4 is 0 Å². The summed E-state index contributed by atoms with van der Waals surface area (Å²) in [6, 6.07) is 13.3. The molecule has 0 nitrogen and oxygen atoms in total. The first-order valence-corrected chi connectivity index (χ1v) is 8.40. The Kier molecular flexibility index (Phi) is 3.18. The van der Waals surface area contributed by atoms with Crippen LogP contribution in [0, 0.1) is 6.42 Å². The average molecular weight is 326 g/mol. The second-order valence-electron chi connectivity index (χ2n) is 5.99. The molecule has 1 radical (unpaired) electrons. The van der Waals surface area contributed by atoms with Crippen LogP contribution in [0.1, 0.15) is 54.7 Å². The molecule has 0 spiro atoms. The minimum absolute atomic E-state index is 0.735. The maximum absolute atomic E-state index is 3.81. The van der Waals surface area contributed by atoms with Crippen molar-refractivity contribution in [2.45, 2.75) is 38.0 Å². The van der Waals surface area contributed by atoms with Crippen molar-refractivity contribution in [3.8, 4) is 11.1 Å². The minimum atomic E-state index is 0.735. The topological polar surface area (TPSA) is 0 Å². The molecule has 2 aromatic carbocycles. The molecule has 0 unspecified atom stereocenters. The predicted molar refractivity (Wildman–Crippen MR) is 87.9 cm³/mol. The molecule has 0 heterocycles. The van der Waals surface area contributed by atoms with Gasteiger partial charge in [0.25, 0.3) is 0 Å². The summed E-state index contributed by atoms with van der Waals surface area (Å²) in [4.78, 5) is 0. The number of halogens is 1. The lowest BCUT2D eigenvalue weighted by Crippen LogP contribution is -2.07. The first kappa shape index (κ1) is 12.6. The van der Waals surface area contributed by atoms with Crippen molar-refractivity contribution in [3.63, 3.8) is 0 Å². The van der Waals surface area contributed by atoms with Gasteiger partial charge in [0.1, 0.15) is 0 Å². The van der Waals surface area contributed by atoms with Crippen molar-refractivity contribution >= 4 is 15.9 Å². The highest BCUT2D eigenvalue weighted by Gasteiger charge is 2.27. The van der Waals surface area contributed by atoms with E-state index in [-0.39, 0.29) is 0 Å². The molecule has 2 aliphatic rings. The zero-order chi connectivity index (χ0) is 13.5. The van der Waals surface area contributed by atoms with Gasteiger partial charge in [0.15, 0.2) is 0 Å². The molecule has 0 saturated heterocycles. The van der Waals surface area contributed by atoms with E-state index in [2.05, 4.69) is 58.7 Å². The van der Waals surface area contributed by atoms with Crippen LogP contribution in [0.15, 0.2) is 40.9 Å². The van der Waals surface area contributed by atoms with E-state index >= 15 is 0 Å². The van der Waals surface area contributed by atoms with E-state index < -0.39 is 0 Å². The maximum atomic E-state index is 3.81. The van der Waals surface area contributed by atoms with Gasteiger partial charge in [-0.05, 0) is 52.6 Å². The maximum Gasteiger partial charge on any atom is 0.0215 e. The highest BCUT2D eigenvalue weighted by atomic mass is 79.9. The molecule has 0 atom stereocenters. The molecule has 0 aliphatic heterocycles. The van der Waals surface area contributed by atoms with E-state index in [1.54, 1.807) is 5.56 Å². The SMILES string of the molecule is Brc1ccc2c(c1C1CCCCC1)[CH]c1ccccc1-2. The van der Waals surface area contributed by atoms with E-state index in [1.807, 2.05) is 0 Å². The van der Waals surface area contributed by atoms with Gasteiger partial charge in [-0.15, -0.1) is 0 Å². The van der Waals surface area contributed by atoms with Gasteiger partial charge in [-0.1, -0.05) is 65.5 Å². The molecular weight excluding hydrogens is 308 g/mol. The standard InChI is InChI=1S/C19H18Br/c20-18-11-10-16-15-9-5-4-8-14(15)12-17(16)19(18)13-6-2-1-3-7-13/h4-5,8-13H,1-3,6-7H2. The Morgan fingerprint density at radius 2 is 1.65 bits per heavy atom. The molecular formula is C19H18Br. The summed E-state index contributed by atoms with van der Waals surface area (Å²) in [5, 5.41) is 0. The van der Waals surface area contributed by atoms with Crippen molar-refractivity contribution in [1.82, 2.24) is 0 Å². The lowest BCUT2D eigenvalue weighted by Gasteiger charge is -2.25. The summed E-state index contributed by atoms with van der Waals surface area (Å²) >= 11 is 3.81. The van der Waals surface area contributed by atoms with E-state index in [1.165, 1.54) is 58.8 Å². The normalized spacial score (nSPS) is 17.9. The van der Waals surface area contributed by atoms with Crippen LogP contribution in [0.4, 0.5) is 0 Å². The predicted octanol–water partition coefficient (Wildman–Crippen LogP) is 6.08. The molecule has 0 aromatic heterocycles. The Morgan fingerprint density at radius 3 is 2.50 bits per heavy atom. The smallest absolute Gasteiger partial charge is 0.0215 e. The lowest BCUT2D eigenvalue weighted by molar-refractivity contribution is 0.442. The Balaban J connectivity index is 1.85. The number of hydrogen-bond donors (Lipinski definition) is 0. The molecule has 0 amide bonds. The quantitative estimate of drug-likeness (QED) is 0.508. The largest absolute Gasteiger partial charge is 0.0619 e. The lowest BCUT2D eigenvalue weighted by atomic mass is 9.81. The molecule has 1 fully saturated rings. The van der Waals surface area contributed by atoms with Gasteiger partial charge in [-0.2, -0.15) is 0 Å². The summed E-state index contributed by atoms with van der Waals surface area (Å²) in [6.45, 7) is 0. The van der Waals surface area contributed by atoms with E-state index in [0.717, 1.165) is 5.92 Å². The summed E-state index contributed by atoms with van der Waals surface area (Å²) in [5.74, 6) is 0.735. The second kappa shape index (κ2) is 5.04. The molecule has 1 saturated carbocycles.